The van der Waals surface area contributed by atoms with Gasteiger partial charge in [0.25, 0.3) is 5.16 Å². The third kappa shape index (κ3) is 1.89. The lowest BCUT2D eigenvalue weighted by atomic mass is 10.3. The average Bonchev–Trinajstić information content (AvgIpc) is 2.86. The van der Waals surface area contributed by atoms with Crippen LogP contribution in [0.3, 0.4) is 0 Å². The molecule has 96 valence electrons. The normalized spacial score (nSPS) is 11.8. The number of H-pyrrole nitrogens is 1. The van der Waals surface area contributed by atoms with Gasteiger partial charge >= 0.3 is 0 Å². The van der Waals surface area contributed by atoms with E-state index in [1.54, 1.807) is 0 Å². The number of hydrogen-bond donors (Lipinski definition) is 2. The summed E-state index contributed by atoms with van der Waals surface area (Å²) in [5.41, 5.74) is 6.60. The lowest BCUT2D eigenvalue weighted by molar-refractivity contribution is 0.587. The van der Waals surface area contributed by atoms with Crippen molar-refractivity contribution in [2.24, 2.45) is 0 Å². The number of aromatic amines is 1. The Kier molecular flexibility index (Phi) is 2.42. The molecule has 2 aromatic heterocycles. The van der Waals surface area contributed by atoms with Crippen molar-refractivity contribution in [3.63, 3.8) is 0 Å². The smallest absolute Gasteiger partial charge is 0.254 e. The highest BCUT2D eigenvalue weighted by molar-refractivity contribution is 7.91. The number of benzene rings is 1. The summed E-state index contributed by atoms with van der Waals surface area (Å²) in [5.74, 6) is 0. The number of fused-ring (bicyclic) bond motifs is 1. The minimum Gasteiger partial charge on any atom is -0.399 e. The van der Waals surface area contributed by atoms with Gasteiger partial charge in [-0.25, -0.2) is 13.4 Å². The number of nitrogens with two attached hydrogens (primary N) is 1. The predicted octanol–water partition coefficient (Wildman–Crippen LogP) is 0.163. The van der Waals surface area contributed by atoms with Crippen LogP contribution in [-0.2, 0) is 9.84 Å². The lowest BCUT2D eigenvalue weighted by Gasteiger charge is -2.02. The first-order chi connectivity index (χ1) is 9.07. The Labute approximate surface area is 107 Å². The first kappa shape index (κ1) is 11.5. The number of nitrogen functional groups attached to an aromatic ring is 1. The average molecular weight is 276 g/mol. The summed E-state index contributed by atoms with van der Waals surface area (Å²) in [6.45, 7) is 0. The summed E-state index contributed by atoms with van der Waals surface area (Å²) >= 11 is 0. The first-order valence-electron chi connectivity index (χ1n) is 5.21. The Morgan fingerprint density at radius 3 is 2.58 bits per heavy atom. The van der Waals surface area contributed by atoms with Gasteiger partial charge in [-0.05, 0) is 24.3 Å². The van der Waals surface area contributed by atoms with Gasteiger partial charge in [0.2, 0.25) is 15.5 Å². The molecule has 9 heteroatoms. The topological polar surface area (TPSA) is 128 Å². The van der Waals surface area contributed by atoms with Gasteiger partial charge in [0, 0.05) is 5.69 Å². The molecule has 19 heavy (non-hydrogen) atoms. The van der Waals surface area contributed by atoms with Gasteiger partial charge in [-0.15, -0.1) is 5.10 Å². The van der Waals surface area contributed by atoms with E-state index >= 15 is 0 Å². The van der Waals surface area contributed by atoms with Crippen LogP contribution in [0.25, 0.3) is 11.2 Å². The van der Waals surface area contributed by atoms with Gasteiger partial charge in [0.1, 0.15) is 5.52 Å². The van der Waals surface area contributed by atoms with Crippen molar-refractivity contribution in [1.29, 1.82) is 0 Å². The van der Waals surface area contributed by atoms with E-state index in [4.69, 9.17) is 5.73 Å². The fraction of sp³-hybridized carbons (Fsp3) is 0. The molecular weight excluding hydrogens is 268 g/mol. The maximum absolute atomic E-state index is 12.3. The van der Waals surface area contributed by atoms with Crippen LogP contribution in [-0.4, -0.2) is 33.8 Å². The van der Waals surface area contributed by atoms with Gasteiger partial charge in [-0.2, -0.15) is 15.3 Å². The molecule has 0 bridgehead atoms. The summed E-state index contributed by atoms with van der Waals surface area (Å²) in [6.07, 6.45) is 1.30. The van der Waals surface area contributed by atoms with Gasteiger partial charge in [0.15, 0.2) is 0 Å². The van der Waals surface area contributed by atoms with Crippen LogP contribution < -0.4 is 5.73 Å². The Balaban J connectivity index is 2.15. The molecule has 0 unspecified atom stereocenters. The quantitative estimate of drug-likeness (QED) is 0.504. The summed E-state index contributed by atoms with van der Waals surface area (Å²) in [4.78, 5) is 7.74. The molecule has 0 radical (unpaired) electrons. The SMILES string of the molecule is Nc1ccc(S(=O)(=O)c2ncc3n[nH]nc3n2)cc1. The van der Waals surface area contributed by atoms with Crippen molar-refractivity contribution in [3.8, 4) is 0 Å². The Bertz CT molecular complexity index is 840. The van der Waals surface area contributed by atoms with Crippen molar-refractivity contribution in [2.75, 3.05) is 5.73 Å². The van der Waals surface area contributed by atoms with Crippen molar-refractivity contribution in [3.05, 3.63) is 30.5 Å². The molecule has 3 aromatic rings. The third-order valence-electron chi connectivity index (χ3n) is 2.49. The zero-order valence-electron chi connectivity index (χ0n) is 9.48. The summed E-state index contributed by atoms with van der Waals surface area (Å²) in [5, 5.41) is 9.51. The number of rotatable bonds is 2. The summed E-state index contributed by atoms with van der Waals surface area (Å²) in [7, 11) is -3.78. The molecule has 0 amide bonds. The first-order valence-corrected chi connectivity index (χ1v) is 6.70. The largest absolute Gasteiger partial charge is 0.399 e. The van der Waals surface area contributed by atoms with Crippen molar-refractivity contribution in [2.45, 2.75) is 10.1 Å². The van der Waals surface area contributed by atoms with Crippen LogP contribution in [0.1, 0.15) is 0 Å². The molecule has 0 atom stereocenters. The Hall–Kier alpha value is -2.55. The number of hydrogen-bond acceptors (Lipinski definition) is 7. The van der Waals surface area contributed by atoms with E-state index in [-0.39, 0.29) is 15.7 Å². The molecule has 3 N–H and O–H groups in total. The minimum atomic E-state index is -3.78. The van der Waals surface area contributed by atoms with E-state index in [2.05, 4.69) is 25.4 Å². The van der Waals surface area contributed by atoms with E-state index in [0.717, 1.165) is 0 Å². The maximum atomic E-state index is 12.3. The highest BCUT2D eigenvalue weighted by atomic mass is 32.2. The fourth-order valence-corrected chi connectivity index (χ4v) is 2.62. The van der Waals surface area contributed by atoms with Gasteiger partial charge < -0.3 is 5.73 Å². The van der Waals surface area contributed by atoms with E-state index in [1.807, 2.05) is 0 Å². The number of aromatic nitrogens is 5. The van der Waals surface area contributed by atoms with Crippen LogP contribution in [0, 0.1) is 0 Å². The predicted molar refractivity (Wildman–Crippen MR) is 65.8 cm³/mol. The van der Waals surface area contributed by atoms with E-state index < -0.39 is 9.84 Å². The van der Waals surface area contributed by atoms with Crippen molar-refractivity contribution < 1.29 is 8.42 Å². The van der Waals surface area contributed by atoms with Gasteiger partial charge in [-0.1, -0.05) is 0 Å². The van der Waals surface area contributed by atoms with E-state index in [0.29, 0.717) is 11.2 Å². The molecular formula is C10H8N6O2S. The second kappa shape index (κ2) is 3.99. The van der Waals surface area contributed by atoms with Crippen molar-refractivity contribution in [1.82, 2.24) is 25.4 Å². The fourth-order valence-electron chi connectivity index (χ4n) is 1.52. The van der Waals surface area contributed by atoms with Gasteiger partial charge in [-0.3, -0.25) is 0 Å². The molecule has 0 saturated carbocycles. The van der Waals surface area contributed by atoms with E-state index in [9.17, 15) is 8.42 Å². The molecule has 0 aliphatic rings. The van der Waals surface area contributed by atoms with Crippen molar-refractivity contribution >= 4 is 26.7 Å². The highest BCUT2D eigenvalue weighted by Crippen LogP contribution is 2.19. The summed E-state index contributed by atoms with van der Waals surface area (Å²) < 4.78 is 24.6. The maximum Gasteiger partial charge on any atom is 0.254 e. The number of nitrogens with zero attached hydrogens (tertiary/aromatic N) is 4. The molecule has 0 fully saturated rings. The van der Waals surface area contributed by atoms with Crippen LogP contribution >= 0.6 is 0 Å². The molecule has 2 heterocycles. The zero-order valence-corrected chi connectivity index (χ0v) is 10.3. The molecule has 0 aliphatic carbocycles. The molecule has 3 rings (SSSR count). The minimum absolute atomic E-state index is 0.0737. The molecule has 0 spiro atoms. The number of sulfone groups is 1. The number of nitrogens with one attached hydrogen (secondary N) is 1. The standard InChI is InChI=1S/C10H8N6O2S/c11-6-1-3-7(4-2-6)19(17,18)10-12-5-8-9(13-10)15-16-14-8/h1-5H,11H2,(H,12,13,14,15,16). The Morgan fingerprint density at radius 2 is 1.84 bits per heavy atom. The zero-order chi connectivity index (χ0) is 13.5. The van der Waals surface area contributed by atoms with Crippen LogP contribution in [0.5, 0.6) is 0 Å². The third-order valence-corrected chi connectivity index (χ3v) is 4.06. The second-order valence-corrected chi connectivity index (χ2v) is 5.60. The highest BCUT2D eigenvalue weighted by Gasteiger charge is 2.21. The lowest BCUT2D eigenvalue weighted by Crippen LogP contribution is -2.07. The van der Waals surface area contributed by atoms with Crippen LogP contribution in [0.4, 0.5) is 5.69 Å². The van der Waals surface area contributed by atoms with Crippen LogP contribution in [0.2, 0.25) is 0 Å². The molecule has 0 saturated heterocycles. The monoisotopic (exact) mass is 276 g/mol. The summed E-state index contributed by atoms with van der Waals surface area (Å²) in [6, 6.07) is 5.81. The molecule has 1 aromatic carbocycles. The van der Waals surface area contributed by atoms with Gasteiger partial charge in [0.05, 0.1) is 11.1 Å². The molecule has 0 aliphatic heterocycles. The second-order valence-electron chi connectivity index (χ2n) is 3.76. The number of anilines is 1. The molecule has 8 nitrogen and oxygen atoms in total. The Morgan fingerprint density at radius 1 is 1.11 bits per heavy atom. The van der Waals surface area contributed by atoms with E-state index in [1.165, 1.54) is 30.5 Å². The van der Waals surface area contributed by atoms with Crippen LogP contribution in [0.15, 0.2) is 40.5 Å².